The first kappa shape index (κ1) is 17.4. The van der Waals surface area contributed by atoms with E-state index in [1.807, 2.05) is 0 Å². The van der Waals surface area contributed by atoms with Crippen molar-refractivity contribution in [3.05, 3.63) is 47.8 Å². The molecule has 1 rings (SSSR count). The molecular formula is C14H10F4N2O2. The van der Waals surface area contributed by atoms with Crippen LogP contribution in [0.15, 0.2) is 30.9 Å². The van der Waals surface area contributed by atoms with Crippen LogP contribution in [0, 0.1) is 23.1 Å². The number of nitriles is 1. The molecule has 0 aliphatic carbocycles. The molecule has 116 valence electrons. The molecule has 1 aromatic carbocycles. The van der Waals surface area contributed by atoms with Gasteiger partial charge in [-0.05, 0) is 18.2 Å². The SMILES string of the molecule is C=CCNC(=O)[C@H](C#N)C(=O)c1ccc(F)c(C(F)(F)F)c1. The van der Waals surface area contributed by atoms with E-state index < -0.39 is 40.7 Å². The van der Waals surface area contributed by atoms with Crippen molar-refractivity contribution >= 4 is 11.7 Å². The summed E-state index contributed by atoms with van der Waals surface area (Å²) in [6, 6.07) is 2.95. The first-order valence-electron chi connectivity index (χ1n) is 5.91. The van der Waals surface area contributed by atoms with Gasteiger partial charge < -0.3 is 5.32 Å². The smallest absolute Gasteiger partial charge is 0.351 e. The lowest BCUT2D eigenvalue weighted by molar-refractivity contribution is -0.140. The van der Waals surface area contributed by atoms with Crippen LogP contribution >= 0.6 is 0 Å². The Hall–Kier alpha value is -2.69. The molecule has 1 aromatic rings. The fourth-order valence-electron chi connectivity index (χ4n) is 1.57. The molecule has 0 saturated carbocycles. The highest BCUT2D eigenvalue weighted by Crippen LogP contribution is 2.32. The maximum atomic E-state index is 13.2. The summed E-state index contributed by atoms with van der Waals surface area (Å²) in [5, 5.41) is 11.1. The van der Waals surface area contributed by atoms with Crippen molar-refractivity contribution in [1.29, 1.82) is 5.26 Å². The quantitative estimate of drug-likeness (QED) is 0.393. The molecule has 0 aliphatic heterocycles. The molecule has 1 amide bonds. The topological polar surface area (TPSA) is 70.0 Å². The summed E-state index contributed by atoms with van der Waals surface area (Å²) < 4.78 is 50.9. The molecule has 8 heteroatoms. The summed E-state index contributed by atoms with van der Waals surface area (Å²) >= 11 is 0. The first-order chi connectivity index (χ1) is 10.2. The maximum absolute atomic E-state index is 13.2. The van der Waals surface area contributed by atoms with E-state index in [0.717, 1.165) is 6.07 Å². The molecule has 0 bridgehead atoms. The van der Waals surface area contributed by atoms with E-state index >= 15 is 0 Å². The number of halogens is 4. The van der Waals surface area contributed by atoms with E-state index in [4.69, 9.17) is 5.26 Å². The Kier molecular flexibility index (Phi) is 5.40. The number of carbonyl (C=O) groups excluding carboxylic acids is 2. The highest BCUT2D eigenvalue weighted by molar-refractivity contribution is 6.12. The van der Waals surface area contributed by atoms with Gasteiger partial charge in [-0.3, -0.25) is 9.59 Å². The lowest BCUT2D eigenvalue weighted by Gasteiger charge is -2.11. The van der Waals surface area contributed by atoms with Gasteiger partial charge in [0.15, 0.2) is 11.7 Å². The van der Waals surface area contributed by atoms with E-state index in [1.165, 1.54) is 12.1 Å². The van der Waals surface area contributed by atoms with Crippen molar-refractivity contribution < 1.29 is 27.2 Å². The fourth-order valence-corrected chi connectivity index (χ4v) is 1.57. The minimum Gasteiger partial charge on any atom is -0.351 e. The van der Waals surface area contributed by atoms with Crippen LogP contribution in [-0.4, -0.2) is 18.2 Å². The predicted octanol–water partition coefficient (Wildman–Crippen LogP) is 2.47. The van der Waals surface area contributed by atoms with E-state index in [0.29, 0.717) is 6.07 Å². The van der Waals surface area contributed by atoms with Crippen molar-refractivity contribution in [3.63, 3.8) is 0 Å². The molecule has 0 heterocycles. The van der Waals surface area contributed by atoms with Gasteiger partial charge in [0.1, 0.15) is 5.82 Å². The number of benzene rings is 1. The Morgan fingerprint density at radius 3 is 2.55 bits per heavy atom. The molecule has 0 unspecified atom stereocenters. The van der Waals surface area contributed by atoms with Gasteiger partial charge in [0, 0.05) is 12.1 Å². The Morgan fingerprint density at radius 1 is 1.41 bits per heavy atom. The molecule has 0 fully saturated rings. The number of hydrogen-bond donors (Lipinski definition) is 1. The molecule has 0 spiro atoms. The number of hydrogen-bond acceptors (Lipinski definition) is 3. The zero-order chi connectivity index (χ0) is 16.9. The molecule has 0 saturated heterocycles. The second-order valence-electron chi connectivity index (χ2n) is 4.15. The van der Waals surface area contributed by atoms with Crippen LogP contribution in [-0.2, 0) is 11.0 Å². The molecule has 1 atom stereocenters. The minimum atomic E-state index is -4.99. The third-order valence-electron chi connectivity index (χ3n) is 2.63. The van der Waals surface area contributed by atoms with Gasteiger partial charge in [-0.25, -0.2) is 4.39 Å². The van der Waals surface area contributed by atoms with Gasteiger partial charge in [0.2, 0.25) is 5.91 Å². The Balaban J connectivity index is 3.14. The van der Waals surface area contributed by atoms with Crippen LogP contribution in [0.4, 0.5) is 17.6 Å². The van der Waals surface area contributed by atoms with Crippen LogP contribution in [0.1, 0.15) is 15.9 Å². The first-order valence-corrected chi connectivity index (χ1v) is 5.91. The Bertz CT molecular complexity index is 647. The number of Topliss-reactive ketones (excluding diaryl/α,β-unsaturated/α-hetero) is 1. The van der Waals surface area contributed by atoms with E-state index in [2.05, 4.69) is 11.9 Å². The van der Waals surface area contributed by atoms with Crippen LogP contribution in [0.25, 0.3) is 0 Å². The Labute approximate surface area is 123 Å². The number of carbonyl (C=O) groups is 2. The predicted molar refractivity (Wildman–Crippen MR) is 68.0 cm³/mol. The monoisotopic (exact) mass is 314 g/mol. The average molecular weight is 314 g/mol. The minimum absolute atomic E-state index is 0.0124. The molecule has 0 aromatic heterocycles. The molecule has 22 heavy (non-hydrogen) atoms. The van der Waals surface area contributed by atoms with Crippen LogP contribution in [0.2, 0.25) is 0 Å². The van der Waals surface area contributed by atoms with E-state index in [1.54, 1.807) is 0 Å². The molecule has 1 N–H and O–H groups in total. The van der Waals surface area contributed by atoms with Crippen molar-refractivity contribution in [2.24, 2.45) is 5.92 Å². The highest BCUT2D eigenvalue weighted by Gasteiger charge is 2.36. The maximum Gasteiger partial charge on any atom is 0.419 e. The summed E-state index contributed by atoms with van der Waals surface area (Å²) in [5.41, 5.74) is -2.21. The van der Waals surface area contributed by atoms with Crippen molar-refractivity contribution in [2.45, 2.75) is 6.18 Å². The van der Waals surface area contributed by atoms with Gasteiger partial charge in [0.25, 0.3) is 0 Å². The van der Waals surface area contributed by atoms with Gasteiger partial charge in [-0.15, -0.1) is 6.58 Å². The average Bonchev–Trinajstić information content (AvgIpc) is 2.44. The molecule has 0 radical (unpaired) electrons. The van der Waals surface area contributed by atoms with Crippen molar-refractivity contribution in [2.75, 3.05) is 6.54 Å². The molecule has 4 nitrogen and oxygen atoms in total. The van der Waals surface area contributed by atoms with Crippen LogP contribution in [0.3, 0.4) is 0 Å². The fraction of sp³-hybridized carbons (Fsp3) is 0.214. The zero-order valence-corrected chi connectivity index (χ0v) is 11.1. The van der Waals surface area contributed by atoms with Gasteiger partial charge in [0.05, 0.1) is 11.6 Å². The highest BCUT2D eigenvalue weighted by atomic mass is 19.4. The summed E-state index contributed by atoms with van der Waals surface area (Å²) in [6.45, 7) is 3.31. The molecule has 0 aliphatic rings. The van der Waals surface area contributed by atoms with Crippen molar-refractivity contribution in [3.8, 4) is 6.07 Å². The lowest BCUT2D eigenvalue weighted by Crippen LogP contribution is -2.34. The summed E-state index contributed by atoms with van der Waals surface area (Å²) in [7, 11) is 0. The number of alkyl halides is 3. The third kappa shape index (κ3) is 3.91. The van der Waals surface area contributed by atoms with Gasteiger partial charge >= 0.3 is 6.18 Å². The standard InChI is InChI=1S/C14H10F4N2O2/c1-2-5-20-13(22)9(7-19)12(21)8-3-4-11(15)10(6-8)14(16,17)18/h2-4,6,9H,1,5H2,(H,20,22)/t9-/m1/s1. The van der Waals surface area contributed by atoms with Crippen LogP contribution in [0.5, 0.6) is 0 Å². The van der Waals surface area contributed by atoms with E-state index in [-0.39, 0.29) is 12.6 Å². The second kappa shape index (κ2) is 6.85. The van der Waals surface area contributed by atoms with Crippen molar-refractivity contribution in [1.82, 2.24) is 5.32 Å². The summed E-state index contributed by atoms with van der Waals surface area (Å²) in [4.78, 5) is 23.6. The van der Waals surface area contributed by atoms with Crippen LogP contribution < -0.4 is 5.32 Å². The number of nitrogens with zero attached hydrogens (tertiary/aromatic N) is 1. The number of rotatable bonds is 5. The summed E-state index contributed by atoms with van der Waals surface area (Å²) in [6.07, 6.45) is -3.69. The third-order valence-corrected chi connectivity index (χ3v) is 2.63. The van der Waals surface area contributed by atoms with E-state index in [9.17, 15) is 27.2 Å². The van der Waals surface area contributed by atoms with Gasteiger partial charge in [-0.1, -0.05) is 6.08 Å². The zero-order valence-electron chi connectivity index (χ0n) is 11.1. The molecular weight excluding hydrogens is 304 g/mol. The van der Waals surface area contributed by atoms with Gasteiger partial charge in [-0.2, -0.15) is 18.4 Å². The number of nitrogens with one attached hydrogen (secondary N) is 1. The lowest BCUT2D eigenvalue weighted by atomic mass is 9.96. The normalized spacial score (nSPS) is 12.1. The number of ketones is 1. The largest absolute Gasteiger partial charge is 0.419 e. The summed E-state index contributed by atoms with van der Waals surface area (Å²) in [5.74, 6) is -5.49. The Morgan fingerprint density at radius 2 is 2.05 bits per heavy atom. The number of amides is 1. The second-order valence-corrected chi connectivity index (χ2v) is 4.15.